The van der Waals surface area contributed by atoms with Gasteiger partial charge in [0.05, 0.1) is 18.4 Å². The standard InChI is InChI=1S/C42H37N9O8S.CO2/c43-41-50-37-36(39(56)51-41)47-26(21-46-37)20-45-24-7-5-23(6-8-24)38(55)49-32(40(57)58)16-13-27(52)2-1-17-44-42(60)48-25-9-3-22(4-10-25)35-30-14-11-28(53)18-33(30)59-34-19-29(54)12-15-31(34)35;2-1-3/h3-12,14-15,18-19,21,32,45,53H,1-2,13,16-17,20H2,(H,49,55)(H,57,58)(H2,44,48,60)(H3,43,46,50,51,56);. The summed E-state index contributed by atoms with van der Waals surface area (Å²) in [5.74, 6) is -1.63. The fourth-order valence-corrected chi connectivity index (χ4v) is 6.69. The Hall–Kier alpha value is -8.35. The van der Waals surface area contributed by atoms with Gasteiger partial charge in [0.25, 0.3) is 11.5 Å². The smallest absolute Gasteiger partial charge is 0.373 e. The van der Waals surface area contributed by atoms with Gasteiger partial charge in [-0.05, 0) is 91.3 Å². The lowest BCUT2D eigenvalue weighted by molar-refractivity contribution is -0.191. The second-order valence-electron chi connectivity index (χ2n) is 13.8. The maximum absolute atomic E-state index is 12.9. The number of nitrogen functional groups attached to an aromatic ring is 1. The minimum absolute atomic E-state index is 0.0403. The molecule has 2 aromatic heterocycles. The van der Waals surface area contributed by atoms with Crippen LogP contribution in [0.3, 0.4) is 0 Å². The molecule has 3 heterocycles. The van der Waals surface area contributed by atoms with Gasteiger partial charge in [0, 0.05) is 65.0 Å². The number of Topliss-reactive ketones (excluding diaryl/α,β-unsaturated/α-hetero) is 1. The molecule has 0 saturated heterocycles. The number of nitrogens with one attached hydrogen (secondary N) is 5. The molecule has 63 heavy (non-hydrogen) atoms. The van der Waals surface area contributed by atoms with E-state index in [-0.39, 0.29) is 71.6 Å². The number of aromatic nitrogens is 4. The number of hydrogen-bond acceptors (Lipinski definition) is 15. The molecule has 1 aliphatic heterocycles. The molecule has 1 aliphatic carbocycles. The minimum atomic E-state index is -1.27. The Balaban J connectivity index is 0.00000214. The highest BCUT2D eigenvalue weighted by Gasteiger charge is 2.22. The lowest BCUT2D eigenvalue weighted by atomic mass is 9.93. The average Bonchev–Trinajstić information content (AvgIpc) is 3.25. The number of aromatic hydroxyl groups is 1. The Morgan fingerprint density at radius 3 is 2.38 bits per heavy atom. The number of nitrogens with two attached hydrogens (primary N) is 1. The fourth-order valence-electron chi connectivity index (χ4n) is 6.47. The molecule has 7 rings (SSSR count). The molecule has 20 heteroatoms. The molecule has 0 fully saturated rings. The highest BCUT2D eigenvalue weighted by molar-refractivity contribution is 7.80. The first-order valence-corrected chi connectivity index (χ1v) is 19.5. The van der Waals surface area contributed by atoms with Crippen LogP contribution in [-0.4, -0.2) is 71.7 Å². The van der Waals surface area contributed by atoms with Gasteiger partial charge in [0.1, 0.15) is 28.9 Å². The maximum atomic E-state index is 12.9. The van der Waals surface area contributed by atoms with Crippen LogP contribution in [0.4, 0.5) is 17.3 Å². The normalized spacial score (nSPS) is 11.2. The number of thiocarbonyl (C=S) groups is 1. The van der Waals surface area contributed by atoms with Crippen molar-refractivity contribution < 1.29 is 38.6 Å². The van der Waals surface area contributed by atoms with Gasteiger partial charge < -0.3 is 41.6 Å². The van der Waals surface area contributed by atoms with E-state index < -0.39 is 23.5 Å². The summed E-state index contributed by atoms with van der Waals surface area (Å²) in [5, 5.41) is 32.7. The highest BCUT2D eigenvalue weighted by Crippen LogP contribution is 2.40. The lowest BCUT2D eigenvalue weighted by Crippen LogP contribution is -2.41. The van der Waals surface area contributed by atoms with Crippen LogP contribution in [0.25, 0.3) is 44.6 Å². The van der Waals surface area contributed by atoms with Gasteiger partial charge in [0.15, 0.2) is 21.7 Å². The van der Waals surface area contributed by atoms with Gasteiger partial charge in [-0.3, -0.25) is 24.2 Å². The third-order valence-corrected chi connectivity index (χ3v) is 9.69. The Bertz CT molecular complexity index is 2950. The molecule has 5 aromatic rings. The second-order valence-corrected chi connectivity index (χ2v) is 14.2. The number of carboxylic acids is 1. The van der Waals surface area contributed by atoms with Crippen molar-refractivity contribution in [3.63, 3.8) is 0 Å². The molecule has 19 nitrogen and oxygen atoms in total. The van der Waals surface area contributed by atoms with Crippen LogP contribution < -0.4 is 38.0 Å². The third-order valence-electron chi connectivity index (χ3n) is 9.45. The number of aliphatic carboxylic acids is 1. The first-order chi connectivity index (χ1) is 30.3. The topological polar surface area (TPSA) is 302 Å². The summed E-state index contributed by atoms with van der Waals surface area (Å²) >= 11 is 5.45. The van der Waals surface area contributed by atoms with Gasteiger partial charge in [-0.15, -0.1) is 0 Å². The monoisotopic (exact) mass is 871 g/mol. The first-order valence-electron chi connectivity index (χ1n) is 19.1. The fraction of sp³-hybridized carbons (Fsp3) is 0.163. The van der Waals surface area contributed by atoms with Gasteiger partial charge in [-0.1, -0.05) is 12.1 Å². The minimum Gasteiger partial charge on any atom is -0.508 e. The number of carboxylic acid groups (broad SMARTS) is 1. The molecule has 9 N–H and O–H groups in total. The Kier molecular flexibility index (Phi) is 14.2. The summed E-state index contributed by atoms with van der Waals surface area (Å²) in [5.41, 5.74) is 9.95. The van der Waals surface area contributed by atoms with Crippen molar-refractivity contribution in [2.75, 3.05) is 22.9 Å². The van der Waals surface area contributed by atoms with E-state index in [0.717, 1.165) is 22.1 Å². The van der Waals surface area contributed by atoms with E-state index in [9.17, 15) is 34.2 Å². The summed E-state index contributed by atoms with van der Waals surface area (Å²) in [7, 11) is 0. The van der Waals surface area contributed by atoms with Gasteiger partial charge >= 0.3 is 12.1 Å². The molecular formula is C43H37N9O10S. The van der Waals surface area contributed by atoms with E-state index in [0.29, 0.717) is 46.5 Å². The molecule has 1 unspecified atom stereocenters. The first kappa shape index (κ1) is 44.2. The number of carbonyl (C=O) groups is 3. The SMILES string of the molecule is Nc1nc2ncc(CNc3ccc(C(=O)NC(CCC(=O)CCCNC(=S)Nc4ccc(-c5c6ccc(=O)cc-6oc6cc(O)ccc56)cc4)C(=O)O)cc3)nc2c(=O)[nH]1.O=C=O. The largest absolute Gasteiger partial charge is 0.508 e. The van der Waals surface area contributed by atoms with E-state index in [2.05, 4.69) is 41.2 Å². The summed E-state index contributed by atoms with van der Waals surface area (Å²) < 4.78 is 5.93. The number of anilines is 3. The number of carbonyl (C=O) groups excluding carboxylic acids is 4. The quantitative estimate of drug-likeness (QED) is 0.0406. The van der Waals surface area contributed by atoms with Gasteiger partial charge in [-0.25, -0.2) is 14.8 Å². The number of fused-ring (bicyclic) bond motifs is 3. The third kappa shape index (κ3) is 11.5. The number of hydrogen-bond donors (Lipinski definition) is 8. The second kappa shape index (κ2) is 20.3. The predicted molar refractivity (Wildman–Crippen MR) is 234 cm³/mol. The van der Waals surface area contributed by atoms with Crippen molar-refractivity contribution in [2.45, 2.75) is 38.3 Å². The summed E-state index contributed by atoms with van der Waals surface area (Å²) in [4.78, 5) is 92.6. The molecule has 1 amide bonds. The molecule has 320 valence electrons. The van der Waals surface area contributed by atoms with Crippen LogP contribution >= 0.6 is 12.2 Å². The zero-order valence-corrected chi connectivity index (χ0v) is 33.8. The van der Waals surface area contributed by atoms with E-state index >= 15 is 0 Å². The predicted octanol–water partition coefficient (Wildman–Crippen LogP) is 4.21. The number of ketones is 1. The molecular weight excluding hydrogens is 835 g/mol. The highest BCUT2D eigenvalue weighted by atomic mass is 32.1. The van der Waals surface area contributed by atoms with E-state index in [1.165, 1.54) is 36.5 Å². The van der Waals surface area contributed by atoms with Crippen molar-refractivity contribution in [3.05, 3.63) is 123 Å². The number of phenols is 1. The zero-order valence-electron chi connectivity index (χ0n) is 33.0. The number of nitrogens with zero attached hydrogens (tertiary/aromatic N) is 3. The summed E-state index contributed by atoms with van der Waals surface area (Å²) in [6.45, 7) is 0.606. The molecule has 2 aliphatic rings. The van der Waals surface area contributed by atoms with E-state index in [1.54, 1.807) is 30.3 Å². The lowest BCUT2D eigenvalue weighted by Gasteiger charge is -2.16. The van der Waals surface area contributed by atoms with Crippen LogP contribution in [0.15, 0.2) is 105 Å². The molecule has 1 atom stereocenters. The van der Waals surface area contributed by atoms with Crippen LogP contribution in [0.5, 0.6) is 5.75 Å². The van der Waals surface area contributed by atoms with Crippen molar-refractivity contribution in [1.29, 1.82) is 0 Å². The van der Waals surface area contributed by atoms with Crippen molar-refractivity contribution >= 4 is 80.6 Å². The van der Waals surface area contributed by atoms with Crippen molar-refractivity contribution in [1.82, 2.24) is 30.6 Å². The number of phenolic OH excluding ortho intramolecular Hbond substituents is 1. The Labute approximate surface area is 361 Å². The maximum Gasteiger partial charge on any atom is 0.373 e. The molecule has 0 bridgehead atoms. The van der Waals surface area contributed by atoms with Crippen molar-refractivity contribution in [2.24, 2.45) is 0 Å². The summed E-state index contributed by atoms with van der Waals surface area (Å²) in [6, 6.07) is 22.0. The van der Waals surface area contributed by atoms with Gasteiger partial charge in [-0.2, -0.15) is 14.6 Å². The molecule has 3 aromatic carbocycles. The number of benzene rings is 4. The Morgan fingerprint density at radius 2 is 1.65 bits per heavy atom. The molecule has 0 spiro atoms. The Morgan fingerprint density at radius 1 is 0.921 bits per heavy atom. The van der Waals surface area contributed by atoms with Gasteiger partial charge in [0.2, 0.25) is 5.95 Å². The molecule has 0 saturated carbocycles. The van der Waals surface area contributed by atoms with Crippen molar-refractivity contribution in [3.8, 4) is 28.2 Å². The van der Waals surface area contributed by atoms with Crippen LogP contribution in [-0.2, 0) is 25.7 Å². The van der Waals surface area contributed by atoms with Crippen LogP contribution in [0.1, 0.15) is 41.7 Å². The van der Waals surface area contributed by atoms with E-state index in [1.807, 2.05) is 24.3 Å². The number of H-pyrrole nitrogens is 1. The number of rotatable bonds is 15. The van der Waals surface area contributed by atoms with Crippen LogP contribution in [0, 0.1) is 0 Å². The number of aromatic amines is 1. The average molecular weight is 872 g/mol. The summed E-state index contributed by atoms with van der Waals surface area (Å²) in [6.07, 6.45) is 2.22. The zero-order chi connectivity index (χ0) is 45.0. The van der Waals surface area contributed by atoms with Crippen LogP contribution in [0.2, 0.25) is 0 Å². The number of amides is 1. The van der Waals surface area contributed by atoms with E-state index in [4.69, 9.17) is 32.0 Å². The molecule has 0 radical (unpaired) electrons.